The Labute approximate surface area is 183 Å². The Balaban J connectivity index is 1.37. The number of carbonyl (C=O) groups excluding carboxylic acids is 1. The fraction of sp³-hybridized carbons (Fsp3) is 0.0435. The lowest BCUT2D eigenvalue weighted by molar-refractivity contribution is 0.102. The van der Waals surface area contributed by atoms with Crippen LogP contribution in [0.2, 0.25) is 10.0 Å². The van der Waals surface area contributed by atoms with Gasteiger partial charge < -0.3 is 10.1 Å². The van der Waals surface area contributed by atoms with Crippen molar-refractivity contribution in [3.8, 4) is 16.9 Å². The highest BCUT2D eigenvalue weighted by Crippen LogP contribution is 2.27. The van der Waals surface area contributed by atoms with Crippen molar-refractivity contribution in [2.24, 2.45) is 0 Å². The maximum atomic E-state index is 12.5. The molecule has 0 atom stereocenters. The monoisotopic (exact) mass is 437 g/mol. The van der Waals surface area contributed by atoms with Crippen LogP contribution >= 0.6 is 23.2 Å². The zero-order valence-electron chi connectivity index (χ0n) is 15.8. The third kappa shape index (κ3) is 4.82. The smallest absolute Gasteiger partial charge is 0.276 e. The van der Waals surface area contributed by atoms with Gasteiger partial charge in [0.25, 0.3) is 5.91 Å². The van der Waals surface area contributed by atoms with Crippen molar-refractivity contribution < 1.29 is 9.53 Å². The third-order valence-corrected chi connectivity index (χ3v) is 4.90. The Morgan fingerprint density at radius 1 is 0.933 bits per heavy atom. The van der Waals surface area contributed by atoms with E-state index in [4.69, 9.17) is 27.9 Å². The van der Waals surface area contributed by atoms with Crippen molar-refractivity contribution in [1.29, 1.82) is 0 Å². The van der Waals surface area contributed by atoms with Crippen LogP contribution in [0, 0.1) is 0 Å². The SMILES string of the molecule is O=C(Nc1ccc(-c2ccccc2)cc1)c1ccn(COc2ccc(Cl)cc2Cl)n1. The topological polar surface area (TPSA) is 56.2 Å². The molecule has 0 aliphatic carbocycles. The summed E-state index contributed by atoms with van der Waals surface area (Å²) < 4.78 is 7.13. The Kier molecular flexibility index (Phi) is 6.02. The van der Waals surface area contributed by atoms with Crippen LogP contribution in [0.3, 0.4) is 0 Å². The molecular weight excluding hydrogens is 421 g/mol. The summed E-state index contributed by atoms with van der Waals surface area (Å²) in [7, 11) is 0. The molecule has 0 saturated heterocycles. The van der Waals surface area contributed by atoms with Gasteiger partial charge in [-0.15, -0.1) is 0 Å². The number of ether oxygens (including phenoxy) is 1. The minimum absolute atomic E-state index is 0.112. The summed E-state index contributed by atoms with van der Waals surface area (Å²) in [5.74, 6) is 0.187. The Morgan fingerprint density at radius 2 is 1.67 bits per heavy atom. The number of hydrogen-bond donors (Lipinski definition) is 1. The van der Waals surface area contributed by atoms with Gasteiger partial charge in [0.05, 0.1) is 5.02 Å². The van der Waals surface area contributed by atoms with Crippen molar-refractivity contribution in [1.82, 2.24) is 9.78 Å². The van der Waals surface area contributed by atoms with Gasteiger partial charge in [0.2, 0.25) is 0 Å². The van der Waals surface area contributed by atoms with Crippen LogP contribution in [-0.4, -0.2) is 15.7 Å². The summed E-state index contributed by atoms with van der Waals surface area (Å²) in [6, 6.07) is 24.3. The summed E-state index contributed by atoms with van der Waals surface area (Å²) in [6.45, 7) is 0.112. The van der Waals surface area contributed by atoms with Gasteiger partial charge in [0.1, 0.15) is 5.75 Å². The average molecular weight is 438 g/mol. The number of rotatable bonds is 6. The van der Waals surface area contributed by atoms with Gasteiger partial charge in [-0.2, -0.15) is 5.10 Å². The molecule has 3 aromatic carbocycles. The van der Waals surface area contributed by atoms with E-state index in [1.54, 1.807) is 30.5 Å². The maximum absolute atomic E-state index is 12.5. The number of amides is 1. The first kappa shape index (κ1) is 20.0. The number of halogens is 2. The van der Waals surface area contributed by atoms with E-state index < -0.39 is 0 Å². The van der Waals surface area contributed by atoms with Crippen molar-refractivity contribution in [3.63, 3.8) is 0 Å². The van der Waals surface area contributed by atoms with E-state index in [0.717, 1.165) is 11.1 Å². The molecule has 4 rings (SSSR count). The number of nitrogens with one attached hydrogen (secondary N) is 1. The summed E-state index contributed by atoms with van der Waals surface area (Å²) in [4.78, 5) is 12.5. The van der Waals surface area contributed by atoms with Crippen molar-refractivity contribution >= 4 is 34.8 Å². The molecule has 30 heavy (non-hydrogen) atoms. The van der Waals surface area contributed by atoms with Crippen LogP contribution in [-0.2, 0) is 6.73 Å². The summed E-state index contributed by atoms with van der Waals surface area (Å²) in [5, 5.41) is 8.03. The van der Waals surface area contributed by atoms with Gasteiger partial charge in [0.15, 0.2) is 12.4 Å². The predicted molar refractivity (Wildman–Crippen MR) is 119 cm³/mol. The van der Waals surface area contributed by atoms with Gasteiger partial charge in [-0.3, -0.25) is 4.79 Å². The lowest BCUT2D eigenvalue weighted by Crippen LogP contribution is -2.14. The van der Waals surface area contributed by atoms with Crippen LogP contribution in [0.25, 0.3) is 11.1 Å². The second-order valence-electron chi connectivity index (χ2n) is 6.49. The molecule has 1 amide bonds. The summed E-state index contributed by atoms with van der Waals surface area (Å²) >= 11 is 12.0. The zero-order valence-corrected chi connectivity index (χ0v) is 17.3. The van der Waals surface area contributed by atoms with Crippen molar-refractivity contribution in [3.05, 3.63) is 101 Å². The molecule has 0 bridgehead atoms. The number of hydrogen-bond acceptors (Lipinski definition) is 3. The van der Waals surface area contributed by atoms with E-state index in [-0.39, 0.29) is 18.3 Å². The van der Waals surface area contributed by atoms with Crippen LogP contribution in [0.5, 0.6) is 5.75 Å². The molecule has 0 saturated carbocycles. The van der Waals surface area contributed by atoms with Crippen molar-refractivity contribution in [2.45, 2.75) is 6.73 Å². The quantitative estimate of drug-likeness (QED) is 0.393. The van der Waals surface area contributed by atoms with Crippen molar-refractivity contribution in [2.75, 3.05) is 5.32 Å². The fourth-order valence-electron chi connectivity index (χ4n) is 2.85. The third-order valence-electron chi connectivity index (χ3n) is 4.37. The second-order valence-corrected chi connectivity index (χ2v) is 7.33. The molecule has 7 heteroatoms. The highest BCUT2D eigenvalue weighted by Gasteiger charge is 2.11. The minimum atomic E-state index is -0.300. The number of anilines is 1. The molecular formula is C23H17Cl2N3O2. The fourth-order valence-corrected chi connectivity index (χ4v) is 3.32. The molecule has 150 valence electrons. The van der Waals surface area contributed by atoms with Gasteiger partial charge in [-0.05, 0) is 47.5 Å². The molecule has 1 N–H and O–H groups in total. The zero-order chi connectivity index (χ0) is 20.9. The van der Waals surface area contributed by atoms with E-state index in [1.807, 2.05) is 54.6 Å². The van der Waals surface area contributed by atoms with Gasteiger partial charge in [-0.1, -0.05) is 65.7 Å². The van der Waals surface area contributed by atoms with Gasteiger partial charge in [0, 0.05) is 16.9 Å². The molecule has 0 unspecified atom stereocenters. The normalized spacial score (nSPS) is 10.6. The van der Waals surface area contributed by atoms with E-state index in [0.29, 0.717) is 21.5 Å². The Hall–Kier alpha value is -3.28. The first-order valence-corrected chi connectivity index (χ1v) is 9.92. The van der Waals surface area contributed by atoms with Crippen LogP contribution in [0.15, 0.2) is 85.1 Å². The molecule has 1 aromatic heterocycles. The largest absolute Gasteiger partial charge is 0.470 e. The Morgan fingerprint density at radius 3 is 2.40 bits per heavy atom. The van der Waals surface area contributed by atoms with E-state index >= 15 is 0 Å². The molecule has 0 radical (unpaired) electrons. The molecule has 4 aromatic rings. The molecule has 0 fully saturated rings. The number of nitrogens with zero attached hydrogens (tertiary/aromatic N) is 2. The molecule has 0 aliphatic rings. The minimum Gasteiger partial charge on any atom is -0.470 e. The van der Waals surface area contributed by atoms with E-state index in [9.17, 15) is 4.79 Å². The molecule has 0 aliphatic heterocycles. The van der Waals surface area contributed by atoms with Crippen LogP contribution in [0.1, 0.15) is 10.5 Å². The second kappa shape index (κ2) is 9.03. The first-order chi connectivity index (χ1) is 14.6. The molecule has 1 heterocycles. The number of aromatic nitrogens is 2. The summed E-state index contributed by atoms with van der Waals surface area (Å²) in [5.41, 5.74) is 3.18. The van der Waals surface area contributed by atoms with Crippen LogP contribution in [0.4, 0.5) is 5.69 Å². The predicted octanol–water partition coefficient (Wildman–Crippen LogP) is 6.15. The van der Waals surface area contributed by atoms with E-state index in [2.05, 4.69) is 10.4 Å². The van der Waals surface area contributed by atoms with Gasteiger partial charge in [-0.25, -0.2) is 4.68 Å². The van der Waals surface area contributed by atoms with Crippen LogP contribution < -0.4 is 10.1 Å². The average Bonchev–Trinajstić information content (AvgIpc) is 3.24. The van der Waals surface area contributed by atoms with E-state index in [1.165, 1.54) is 4.68 Å². The maximum Gasteiger partial charge on any atom is 0.276 e. The molecule has 0 spiro atoms. The summed E-state index contributed by atoms with van der Waals surface area (Å²) in [6.07, 6.45) is 1.66. The molecule has 5 nitrogen and oxygen atoms in total. The lowest BCUT2D eigenvalue weighted by Gasteiger charge is -2.08. The standard InChI is InChI=1S/C23H17Cl2N3O2/c24-18-8-11-22(20(25)14-18)30-15-28-13-12-21(27-28)23(29)26-19-9-6-17(7-10-19)16-4-2-1-3-5-16/h1-14H,15H2,(H,26,29). The first-order valence-electron chi connectivity index (χ1n) is 9.17. The highest BCUT2D eigenvalue weighted by molar-refractivity contribution is 6.35. The lowest BCUT2D eigenvalue weighted by atomic mass is 10.1. The highest BCUT2D eigenvalue weighted by atomic mass is 35.5. The number of carbonyl (C=O) groups is 1. The Bertz CT molecular complexity index is 1160. The van der Waals surface area contributed by atoms with Gasteiger partial charge >= 0.3 is 0 Å². The number of benzene rings is 3.